The van der Waals surface area contributed by atoms with Gasteiger partial charge in [-0.1, -0.05) is 45.9 Å². The number of rotatable bonds is 2. The highest BCUT2D eigenvalue weighted by atomic mass is 15.3. The van der Waals surface area contributed by atoms with E-state index in [9.17, 15) is 0 Å². The fraction of sp³-hybridized carbons (Fsp3) is 0.400. The first-order valence-electron chi connectivity index (χ1n) is 6.17. The molecule has 2 nitrogen and oxygen atoms in total. The van der Waals surface area contributed by atoms with E-state index >= 15 is 0 Å². The van der Waals surface area contributed by atoms with Gasteiger partial charge in [0.1, 0.15) is 0 Å². The normalized spacial score (nSPS) is 11.8. The molecular formula is C15H20N2. The second-order valence-electron chi connectivity index (χ2n) is 5.38. The number of benzene rings is 1. The summed E-state index contributed by atoms with van der Waals surface area (Å²) >= 11 is 0. The number of hydrogen-bond donors (Lipinski definition) is 0. The van der Waals surface area contributed by atoms with Crippen LogP contribution in [0.5, 0.6) is 0 Å². The molecule has 90 valence electrons. The molecule has 0 amide bonds. The Morgan fingerprint density at radius 3 is 2.41 bits per heavy atom. The Labute approximate surface area is 103 Å². The predicted molar refractivity (Wildman–Crippen MR) is 71.6 cm³/mol. The summed E-state index contributed by atoms with van der Waals surface area (Å²) in [5.41, 5.74) is 3.75. The minimum atomic E-state index is 0.104. The van der Waals surface area contributed by atoms with Gasteiger partial charge < -0.3 is 0 Å². The van der Waals surface area contributed by atoms with Gasteiger partial charge in [0.2, 0.25) is 0 Å². The highest BCUT2D eigenvalue weighted by Crippen LogP contribution is 2.22. The largest absolute Gasteiger partial charge is 0.240 e. The standard InChI is InChI=1S/C15H20N2/c1-5-12-8-6-7-9-13(12)17-11-10-14(16-17)15(2,3)4/h6-11H,5H2,1-4H3. The van der Waals surface area contributed by atoms with Crippen LogP contribution in [0, 0.1) is 0 Å². The Balaban J connectivity index is 2.44. The van der Waals surface area contributed by atoms with Crippen LogP contribution in [0.3, 0.4) is 0 Å². The van der Waals surface area contributed by atoms with E-state index in [1.807, 2.05) is 4.68 Å². The van der Waals surface area contributed by atoms with Gasteiger partial charge >= 0.3 is 0 Å². The molecule has 1 aromatic carbocycles. The van der Waals surface area contributed by atoms with Gasteiger partial charge in [0.05, 0.1) is 11.4 Å². The molecule has 2 heteroatoms. The molecule has 0 fully saturated rings. The number of nitrogens with zero attached hydrogens (tertiary/aromatic N) is 2. The molecule has 0 aliphatic heterocycles. The number of aromatic nitrogens is 2. The molecule has 0 bridgehead atoms. The second kappa shape index (κ2) is 4.36. The third-order valence-corrected chi connectivity index (χ3v) is 2.98. The van der Waals surface area contributed by atoms with Crippen LogP contribution in [0.15, 0.2) is 36.5 Å². The second-order valence-corrected chi connectivity index (χ2v) is 5.38. The molecule has 0 aliphatic rings. The van der Waals surface area contributed by atoms with E-state index in [1.54, 1.807) is 0 Å². The van der Waals surface area contributed by atoms with Crippen molar-refractivity contribution < 1.29 is 0 Å². The van der Waals surface area contributed by atoms with Crippen LogP contribution >= 0.6 is 0 Å². The lowest BCUT2D eigenvalue weighted by atomic mass is 9.93. The SMILES string of the molecule is CCc1ccccc1-n1ccc(C(C)(C)C)n1. The number of hydrogen-bond acceptors (Lipinski definition) is 1. The van der Waals surface area contributed by atoms with E-state index in [0.29, 0.717) is 0 Å². The van der Waals surface area contributed by atoms with E-state index < -0.39 is 0 Å². The first-order chi connectivity index (χ1) is 8.02. The molecule has 0 atom stereocenters. The van der Waals surface area contributed by atoms with E-state index in [-0.39, 0.29) is 5.41 Å². The molecule has 1 heterocycles. The molecular weight excluding hydrogens is 208 g/mol. The van der Waals surface area contributed by atoms with Gasteiger partial charge in [-0.15, -0.1) is 0 Å². The zero-order valence-electron chi connectivity index (χ0n) is 11.1. The maximum atomic E-state index is 4.68. The van der Waals surface area contributed by atoms with Crippen LogP contribution in [-0.4, -0.2) is 9.78 Å². The first-order valence-corrected chi connectivity index (χ1v) is 6.17. The zero-order valence-corrected chi connectivity index (χ0v) is 11.1. The minimum absolute atomic E-state index is 0.104. The Hall–Kier alpha value is -1.57. The number of para-hydroxylation sites is 1. The van der Waals surface area contributed by atoms with Gasteiger partial charge in [0, 0.05) is 11.6 Å². The van der Waals surface area contributed by atoms with Gasteiger partial charge in [-0.3, -0.25) is 0 Å². The van der Waals surface area contributed by atoms with Crippen molar-refractivity contribution >= 4 is 0 Å². The van der Waals surface area contributed by atoms with Crippen LogP contribution in [0.25, 0.3) is 5.69 Å². The Kier molecular flexibility index (Phi) is 3.05. The van der Waals surface area contributed by atoms with Crippen molar-refractivity contribution in [1.82, 2.24) is 9.78 Å². The fourth-order valence-electron chi connectivity index (χ4n) is 1.89. The van der Waals surface area contributed by atoms with Gasteiger partial charge in [-0.2, -0.15) is 5.10 Å². The lowest BCUT2D eigenvalue weighted by Gasteiger charge is -2.14. The molecule has 0 unspecified atom stereocenters. The van der Waals surface area contributed by atoms with Gasteiger partial charge in [-0.05, 0) is 24.1 Å². The Morgan fingerprint density at radius 1 is 1.12 bits per heavy atom. The summed E-state index contributed by atoms with van der Waals surface area (Å²) in [6.45, 7) is 8.73. The molecule has 0 spiro atoms. The fourth-order valence-corrected chi connectivity index (χ4v) is 1.89. The summed E-state index contributed by atoms with van der Waals surface area (Å²) < 4.78 is 1.99. The van der Waals surface area contributed by atoms with Crippen LogP contribution in [-0.2, 0) is 11.8 Å². The van der Waals surface area contributed by atoms with Crippen LogP contribution in [0.2, 0.25) is 0 Å². The highest BCUT2D eigenvalue weighted by molar-refractivity contribution is 5.40. The summed E-state index contributed by atoms with van der Waals surface area (Å²) in [5, 5.41) is 4.68. The monoisotopic (exact) mass is 228 g/mol. The van der Waals surface area contributed by atoms with Crippen LogP contribution in [0.4, 0.5) is 0 Å². The van der Waals surface area contributed by atoms with Gasteiger partial charge in [0.25, 0.3) is 0 Å². The molecule has 0 N–H and O–H groups in total. The smallest absolute Gasteiger partial charge is 0.0682 e. The van der Waals surface area contributed by atoms with E-state index in [0.717, 1.165) is 12.1 Å². The van der Waals surface area contributed by atoms with Crippen LogP contribution in [0.1, 0.15) is 39.0 Å². The van der Waals surface area contributed by atoms with Crippen molar-refractivity contribution in [3.8, 4) is 5.69 Å². The minimum Gasteiger partial charge on any atom is -0.240 e. The number of aryl methyl sites for hydroxylation is 1. The lowest BCUT2D eigenvalue weighted by molar-refractivity contribution is 0.560. The van der Waals surface area contributed by atoms with E-state index in [4.69, 9.17) is 0 Å². The van der Waals surface area contributed by atoms with Gasteiger partial charge in [-0.25, -0.2) is 4.68 Å². The van der Waals surface area contributed by atoms with Crippen molar-refractivity contribution in [2.24, 2.45) is 0 Å². The summed E-state index contributed by atoms with van der Waals surface area (Å²) in [6, 6.07) is 10.5. The summed E-state index contributed by atoms with van der Waals surface area (Å²) in [6.07, 6.45) is 3.08. The maximum absolute atomic E-state index is 4.68. The average Bonchev–Trinajstić information content (AvgIpc) is 2.77. The predicted octanol–water partition coefficient (Wildman–Crippen LogP) is 3.73. The topological polar surface area (TPSA) is 17.8 Å². The summed E-state index contributed by atoms with van der Waals surface area (Å²) in [7, 11) is 0. The molecule has 0 radical (unpaired) electrons. The van der Waals surface area contributed by atoms with E-state index in [2.05, 4.69) is 69.3 Å². The third-order valence-electron chi connectivity index (χ3n) is 2.98. The first kappa shape index (κ1) is 11.9. The zero-order chi connectivity index (χ0) is 12.5. The molecule has 0 aliphatic carbocycles. The Morgan fingerprint density at radius 2 is 1.82 bits per heavy atom. The lowest BCUT2D eigenvalue weighted by Crippen LogP contribution is -2.12. The van der Waals surface area contributed by atoms with Crippen molar-refractivity contribution in [1.29, 1.82) is 0 Å². The average molecular weight is 228 g/mol. The highest BCUT2D eigenvalue weighted by Gasteiger charge is 2.17. The molecule has 0 saturated heterocycles. The molecule has 2 rings (SSSR count). The van der Waals surface area contributed by atoms with E-state index in [1.165, 1.54) is 11.3 Å². The molecule has 1 aromatic heterocycles. The molecule has 0 saturated carbocycles. The summed E-state index contributed by atoms with van der Waals surface area (Å²) in [5.74, 6) is 0. The van der Waals surface area contributed by atoms with Crippen molar-refractivity contribution in [3.05, 3.63) is 47.8 Å². The van der Waals surface area contributed by atoms with Gasteiger partial charge in [0.15, 0.2) is 0 Å². The third kappa shape index (κ3) is 2.41. The van der Waals surface area contributed by atoms with Crippen molar-refractivity contribution in [2.45, 2.75) is 39.5 Å². The summed E-state index contributed by atoms with van der Waals surface area (Å²) in [4.78, 5) is 0. The quantitative estimate of drug-likeness (QED) is 0.765. The Bertz CT molecular complexity index is 504. The van der Waals surface area contributed by atoms with Crippen molar-refractivity contribution in [2.75, 3.05) is 0 Å². The van der Waals surface area contributed by atoms with Crippen LogP contribution < -0.4 is 0 Å². The molecule has 17 heavy (non-hydrogen) atoms. The van der Waals surface area contributed by atoms with Crippen molar-refractivity contribution in [3.63, 3.8) is 0 Å². The molecule has 2 aromatic rings. The maximum Gasteiger partial charge on any atom is 0.0682 e.